The molecule has 1 aliphatic carbocycles. The molecule has 2 atom stereocenters. The van der Waals surface area contributed by atoms with Crippen LogP contribution < -0.4 is 9.47 Å². The van der Waals surface area contributed by atoms with E-state index in [-0.39, 0.29) is 26.2 Å². The van der Waals surface area contributed by atoms with Crippen LogP contribution in [-0.2, 0) is 45.4 Å². The van der Waals surface area contributed by atoms with Crippen LogP contribution in [0, 0.1) is 23.7 Å². The van der Waals surface area contributed by atoms with Crippen molar-refractivity contribution in [3.8, 4) is 23.0 Å². The SMILES string of the molecule is O=C(O)[C@@H]1[C@H](C(=O)N(Cc2ccccc2)Cc2ccc(Oc3ccccc3)cc2)[C@@H](C(=O)O)[C@H]1C(=O)N(Cc1ccc(Oc2ccccc2)cc1)Cc1cccs1. The van der Waals surface area contributed by atoms with Crippen molar-refractivity contribution in [3.63, 3.8) is 0 Å². The second kappa shape index (κ2) is 17.8. The first-order valence-electron chi connectivity index (χ1n) is 18.5. The molecule has 288 valence electrons. The van der Waals surface area contributed by atoms with Gasteiger partial charge in [-0.05, 0) is 76.7 Å². The van der Waals surface area contributed by atoms with Crippen LogP contribution >= 0.6 is 11.3 Å². The number of carbonyl (C=O) groups is 4. The summed E-state index contributed by atoms with van der Waals surface area (Å²) in [6.45, 7) is 0.392. The van der Waals surface area contributed by atoms with E-state index in [0.717, 1.165) is 21.6 Å². The van der Waals surface area contributed by atoms with Crippen molar-refractivity contribution in [2.75, 3.05) is 0 Å². The minimum absolute atomic E-state index is 0.0711. The average Bonchev–Trinajstić information content (AvgIpc) is 3.72. The molecule has 0 bridgehead atoms. The van der Waals surface area contributed by atoms with Gasteiger partial charge in [-0.3, -0.25) is 19.2 Å². The van der Waals surface area contributed by atoms with Crippen LogP contribution in [0.2, 0.25) is 0 Å². The Morgan fingerprint density at radius 1 is 0.439 bits per heavy atom. The van der Waals surface area contributed by atoms with Gasteiger partial charge in [0.1, 0.15) is 23.0 Å². The first kappa shape index (κ1) is 38.6. The van der Waals surface area contributed by atoms with Crippen molar-refractivity contribution in [1.29, 1.82) is 0 Å². The second-order valence-electron chi connectivity index (χ2n) is 13.9. The predicted molar refractivity (Wildman–Crippen MR) is 214 cm³/mol. The van der Waals surface area contributed by atoms with Gasteiger partial charge in [-0.25, -0.2) is 0 Å². The maximum absolute atomic E-state index is 14.6. The summed E-state index contributed by atoms with van der Waals surface area (Å²) in [5, 5.41) is 23.1. The van der Waals surface area contributed by atoms with E-state index in [4.69, 9.17) is 9.47 Å². The van der Waals surface area contributed by atoms with Crippen LogP contribution in [0.15, 0.2) is 157 Å². The van der Waals surface area contributed by atoms with Gasteiger partial charge in [-0.15, -0.1) is 11.3 Å². The standard InChI is InChI=1S/C46H40N2O8S/c49-43(47(27-31-11-4-1-5-12-31)28-32-18-22-36(23-19-32)55-34-13-6-2-7-14-34)39-41(45(51)52)40(42(39)46(53)54)44(50)48(30-38-17-10-26-57-38)29-33-20-24-37(25-21-33)56-35-15-8-3-9-16-35/h1-26,39-42H,27-30H2,(H,51,52)(H,53,54)/t39-,40-,41-,42-/m1/s1. The molecule has 1 aromatic heterocycles. The number of aliphatic carboxylic acids is 2. The molecule has 0 aliphatic heterocycles. The van der Waals surface area contributed by atoms with Crippen molar-refractivity contribution in [1.82, 2.24) is 9.80 Å². The molecule has 0 spiro atoms. The summed E-state index contributed by atoms with van der Waals surface area (Å²) in [7, 11) is 0. The predicted octanol–water partition coefficient (Wildman–Crippen LogP) is 8.74. The van der Waals surface area contributed by atoms with Gasteiger partial charge in [0.05, 0.1) is 30.2 Å². The smallest absolute Gasteiger partial charge is 0.308 e. The number of hydrogen-bond acceptors (Lipinski definition) is 7. The lowest BCUT2D eigenvalue weighted by atomic mass is 9.55. The number of carboxylic acids is 2. The third-order valence-electron chi connectivity index (χ3n) is 10.0. The van der Waals surface area contributed by atoms with E-state index in [1.807, 2.05) is 133 Å². The zero-order valence-electron chi connectivity index (χ0n) is 30.8. The van der Waals surface area contributed by atoms with Crippen molar-refractivity contribution in [2.45, 2.75) is 26.2 Å². The van der Waals surface area contributed by atoms with Crippen LogP contribution in [0.4, 0.5) is 0 Å². The highest BCUT2D eigenvalue weighted by Crippen LogP contribution is 2.49. The molecule has 2 N–H and O–H groups in total. The summed E-state index contributed by atoms with van der Waals surface area (Å²) >= 11 is 1.43. The summed E-state index contributed by atoms with van der Waals surface area (Å²) < 4.78 is 11.8. The molecule has 1 fully saturated rings. The van der Waals surface area contributed by atoms with Gasteiger partial charge in [0.25, 0.3) is 0 Å². The van der Waals surface area contributed by atoms with E-state index in [0.29, 0.717) is 23.0 Å². The normalized spacial score (nSPS) is 17.1. The highest BCUT2D eigenvalue weighted by Gasteiger charge is 2.65. The van der Waals surface area contributed by atoms with Crippen molar-refractivity contribution in [3.05, 3.63) is 179 Å². The van der Waals surface area contributed by atoms with Crippen LogP contribution in [0.5, 0.6) is 23.0 Å². The molecule has 5 aromatic carbocycles. The Morgan fingerprint density at radius 3 is 1.19 bits per heavy atom. The molecule has 1 saturated carbocycles. The zero-order chi connectivity index (χ0) is 39.7. The summed E-state index contributed by atoms with van der Waals surface area (Å²) in [5.41, 5.74) is 2.25. The number of para-hydroxylation sites is 2. The van der Waals surface area contributed by atoms with E-state index in [1.165, 1.54) is 21.1 Å². The number of amides is 2. The number of thiophene rings is 1. The molecule has 0 saturated heterocycles. The second-order valence-corrected chi connectivity index (χ2v) is 14.9. The van der Waals surface area contributed by atoms with Gasteiger partial charge in [-0.2, -0.15) is 0 Å². The van der Waals surface area contributed by atoms with Crippen molar-refractivity contribution < 1.29 is 38.9 Å². The maximum atomic E-state index is 14.6. The fraction of sp³-hybridized carbons (Fsp3) is 0.174. The Balaban J connectivity index is 1.13. The first-order chi connectivity index (χ1) is 27.7. The molecule has 2 amide bonds. The molecular formula is C46H40N2O8S. The third kappa shape index (κ3) is 9.40. The highest BCUT2D eigenvalue weighted by atomic mass is 32.1. The Morgan fingerprint density at radius 2 is 0.807 bits per heavy atom. The van der Waals surface area contributed by atoms with E-state index in [2.05, 4.69) is 0 Å². The quantitative estimate of drug-likeness (QED) is 0.0997. The van der Waals surface area contributed by atoms with E-state index >= 15 is 0 Å². The number of benzene rings is 5. The third-order valence-corrected chi connectivity index (χ3v) is 10.9. The lowest BCUT2D eigenvalue weighted by Crippen LogP contribution is -2.64. The van der Waals surface area contributed by atoms with Crippen molar-refractivity contribution in [2.24, 2.45) is 23.7 Å². The lowest BCUT2D eigenvalue weighted by molar-refractivity contribution is -0.188. The topological polar surface area (TPSA) is 134 Å². The number of ether oxygens (including phenoxy) is 2. The summed E-state index contributed by atoms with van der Waals surface area (Å²) in [5.74, 6) is -7.62. The van der Waals surface area contributed by atoms with Gasteiger partial charge in [-0.1, -0.05) is 97.1 Å². The highest BCUT2D eigenvalue weighted by molar-refractivity contribution is 7.09. The number of hydrogen-bond donors (Lipinski definition) is 2. The molecule has 7 rings (SSSR count). The van der Waals surface area contributed by atoms with Gasteiger partial charge in [0, 0.05) is 24.5 Å². The van der Waals surface area contributed by atoms with Crippen LogP contribution in [0.1, 0.15) is 21.6 Å². The van der Waals surface area contributed by atoms with Gasteiger partial charge in [0.15, 0.2) is 0 Å². The Bertz CT molecular complexity index is 2250. The fourth-order valence-corrected chi connectivity index (χ4v) is 7.95. The monoisotopic (exact) mass is 780 g/mol. The number of carboxylic acid groups (broad SMARTS) is 2. The van der Waals surface area contributed by atoms with Crippen molar-refractivity contribution >= 4 is 35.1 Å². The van der Waals surface area contributed by atoms with Crippen LogP contribution in [0.3, 0.4) is 0 Å². The number of nitrogens with zero attached hydrogens (tertiary/aromatic N) is 2. The molecule has 6 aromatic rings. The van der Waals surface area contributed by atoms with Crippen LogP contribution in [-0.4, -0.2) is 43.8 Å². The van der Waals surface area contributed by atoms with E-state index in [9.17, 15) is 29.4 Å². The van der Waals surface area contributed by atoms with E-state index < -0.39 is 47.4 Å². The Kier molecular flexibility index (Phi) is 12.1. The Labute approximate surface area is 334 Å². The largest absolute Gasteiger partial charge is 0.481 e. The van der Waals surface area contributed by atoms with Crippen LogP contribution in [0.25, 0.3) is 0 Å². The molecule has 0 radical (unpaired) electrons. The molecule has 0 unspecified atom stereocenters. The number of rotatable bonds is 16. The van der Waals surface area contributed by atoms with Gasteiger partial charge >= 0.3 is 11.9 Å². The zero-order valence-corrected chi connectivity index (χ0v) is 31.6. The summed E-state index contributed by atoms with van der Waals surface area (Å²) in [6.07, 6.45) is 0. The summed E-state index contributed by atoms with van der Waals surface area (Å²) in [4.78, 5) is 58.9. The number of carbonyl (C=O) groups excluding carboxylic acids is 2. The Hall–Kier alpha value is -6.72. The fourth-order valence-electron chi connectivity index (χ4n) is 7.23. The minimum atomic E-state index is -1.56. The van der Waals surface area contributed by atoms with Gasteiger partial charge in [0.2, 0.25) is 11.8 Å². The van der Waals surface area contributed by atoms with E-state index in [1.54, 1.807) is 24.3 Å². The summed E-state index contributed by atoms with van der Waals surface area (Å²) in [6, 6.07) is 45.9. The molecule has 1 aliphatic rings. The molecule has 1 heterocycles. The lowest BCUT2D eigenvalue weighted by Gasteiger charge is -2.48. The molecule has 57 heavy (non-hydrogen) atoms. The molecule has 10 nitrogen and oxygen atoms in total. The molecule has 11 heteroatoms. The first-order valence-corrected chi connectivity index (χ1v) is 19.3. The minimum Gasteiger partial charge on any atom is -0.481 e. The molecular weight excluding hydrogens is 741 g/mol. The average molecular weight is 781 g/mol. The van der Waals surface area contributed by atoms with Gasteiger partial charge < -0.3 is 29.5 Å². The maximum Gasteiger partial charge on any atom is 0.308 e.